The van der Waals surface area contributed by atoms with Gasteiger partial charge in [0.05, 0.1) is 24.5 Å². The van der Waals surface area contributed by atoms with E-state index in [9.17, 15) is 13.2 Å². The van der Waals surface area contributed by atoms with Gasteiger partial charge in [0.25, 0.3) is 5.91 Å². The molecule has 1 aromatic carbocycles. The van der Waals surface area contributed by atoms with Gasteiger partial charge in [-0.3, -0.25) is 4.79 Å². The summed E-state index contributed by atoms with van der Waals surface area (Å²) in [6.07, 6.45) is 3.60. The van der Waals surface area contributed by atoms with Gasteiger partial charge in [0.1, 0.15) is 5.75 Å². The van der Waals surface area contributed by atoms with E-state index < -0.39 is 10.0 Å². The molecule has 1 aromatic rings. The molecule has 0 bridgehead atoms. The Hall–Kier alpha value is -1.35. The number of nitrogens with zero attached hydrogens (tertiary/aromatic N) is 3. The Labute approximate surface area is 178 Å². The van der Waals surface area contributed by atoms with Gasteiger partial charge in [-0.1, -0.05) is 18.0 Å². The summed E-state index contributed by atoms with van der Waals surface area (Å²) in [6, 6.07) is 4.74. The number of rotatable bonds is 8. The summed E-state index contributed by atoms with van der Waals surface area (Å²) in [5.41, 5.74) is 0.438. The number of benzene rings is 1. The molecule has 2 aliphatic rings. The SMILES string of the molecule is CCS(=O)(=O)N(CCN1CCCCC1)C1CN(C(=O)c2ccc(Cl)cc2OC)C1. The largest absolute Gasteiger partial charge is 0.496 e. The molecule has 0 spiro atoms. The van der Waals surface area contributed by atoms with Crippen molar-refractivity contribution in [3.8, 4) is 5.75 Å². The Morgan fingerprint density at radius 2 is 1.93 bits per heavy atom. The highest BCUT2D eigenvalue weighted by Crippen LogP contribution is 2.27. The molecule has 7 nitrogen and oxygen atoms in total. The van der Waals surface area contributed by atoms with Crippen LogP contribution in [-0.2, 0) is 10.0 Å². The van der Waals surface area contributed by atoms with Crippen LogP contribution in [0, 0.1) is 0 Å². The molecule has 2 fully saturated rings. The minimum Gasteiger partial charge on any atom is -0.496 e. The summed E-state index contributed by atoms with van der Waals surface area (Å²) in [7, 11) is -1.83. The maximum Gasteiger partial charge on any atom is 0.257 e. The van der Waals surface area contributed by atoms with Gasteiger partial charge in [-0.05, 0) is 51.1 Å². The Kier molecular flexibility index (Phi) is 7.42. The van der Waals surface area contributed by atoms with Crippen molar-refractivity contribution in [2.45, 2.75) is 32.2 Å². The van der Waals surface area contributed by atoms with Crippen molar-refractivity contribution in [1.82, 2.24) is 14.1 Å². The predicted octanol–water partition coefficient (Wildman–Crippen LogP) is 2.31. The fourth-order valence-corrected chi connectivity index (χ4v) is 5.39. The Bertz CT molecular complexity index is 821. The molecule has 2 aliphatic heterocycles. The van der Waals surface area contributed by atoms with Crippen LogP contribution in [0.5, 0.6) is 5.75 Å². The molecule has 1 amide bonds. The molecular weight excluding hydrogens is 414 g/mol. The molecule has 2 saturated heterocycles. The summed E-state index contributed by atoms with van der Waals surface area (Å²) in [6.45, 7) is 5.75. The minimum absolute atomic E-state index is 0.0719. The lowest BCUT2D eigenvalue weighted by Crippen LogP contribution is -2.63. The number of carbonyl (C=O) groups excluding carboxylic acids is 1. The number of hydrogen-bond acceptors (Lipinski definition) is 5. The zero-order chi connectivity index (χ0) is 21.0. The first-order valence-electron chi connectivity index (χ1n) is 10.2. The molecule has 162 valence electrons. The number of sulfonamides is 1. The van der Waals surface area contributed by atoms with E-state index >= 15 is 0 Å². The van der Waals surface area contributed by atoms with Crippen LogP contribution in [-0.4, -0.2) is 86.6 Å². The number of halogens is 1. The van der Waals surface area contributed by atoms with E-state index in [0.29, 0.717) is 36.0 Å². The number of likely N-dealkylation sites (tertiary alicyclic amines) is 2. The summed E-state index contributed by atoms with van der Waals surface area (Å²) in [5.74, 6) is 0.330. The van der Waals surface area contributed by atoms with Gasteiger partial charge in [0.15, 0.2) is 0 Å². The summed E-state index contributed by atoms with van der Waals surface area (Å²) in [5, 5.41) is 0.498. The Morgan fingerprint density at radius 1 is 1.24 bits per heavy atom. The fraction of sp³-hybridized carbons (Fsp3) is 0.650. The van der Waals surface area contributed by atoms with Crippen molar-refractivity contribution < 1.29 is 17.9 Å². The maximum absolute atomic E-state index is 12.8. The van der Waals surface area contributed by atoms with Crippen LogP contribution in [0.1, 0.15) is 36.5 Å². The number of hydrogen-bond donors (Lipinski definition) is 0. The number of amides is 1. The molecule has 0 radical (unpaired) electrons. The average Bonchev–Trinajstić information content (AvgIpc) is 2.69. The molecule has 0 aliphatic carbocycles. The first-order chi connectivity index (χ1) is 13.9. The molecule has 9 heteroatoms. The quantitative estimate of drug-likeness (QED) is 0.616. The van der Waals surface area contributed by atoms with Crippen LogP contribution in [0.3, 0.4) is 0 Å². The highest BCUT2D eigenvalue weighted by Gasteiger charge is 2.40. The van der Waals surface area contributed by atoms with E-state index in [1.165, 1.54) is 26.4 Å². The second kappa shape index (κ2) is 9.64. The van der Waals surface area contributed by atoms with Gasteiger partial charge < -0.3 is 14.5 Å². The predicted molar refractivity (Wildman–Crippen MR) is 114 cm³/mol. The number of ether oxygens (including phenoxy) is 1. The zero-order valence-electron chi connectivity index (χ0n) is 17.1. The monoisotopic (exact) mass is 443 g/mol. The van der Waals surface area contributed by atoms with E-state index in [4.69, 9.17) is 16.3 Å². The molecule has 0 atom stereocenters. The van der Waals surface area contributed by atoms with E-state index in [1.807, 2.05) is 0 Å². The normalized spacial score (nSPS) is 18.7. The number of carbonyl (C=O) groups is 1. The third-order valence-electron chi connectivity index (χ3n) is 5.76. The Balaban J connectivity index is 1.64. The second-order valence-corrected chi connectivity index (χ2v) is 10.3. The number of methoxy groups -OCH3 is 1. The van der Waals surface area contributed by atoms with Crippen LogP contribution in [0.4, 0.5) is 0 Å². The summed E-state index contributed by atoms with van der Waals surface area (Å²) >= 11 is 5.98. The standard InChI is InChI=1S/C20H30ClN3O4S/c1-3-29(26,27)24(12-11-22-9-5-4-6-10-22)17-14-23(15-17)20(25)18-8-7-16(21)13-19(18)28-2/h7-8,13,17H,3-6,9-12,14-15H2,1-2H3. The molecular formula is C20H30ClN3O4S. The van der Waals surface area contributed by atoms with E-state index in [2.05, 4.69) is 4.90 Å². The third-order valence-corrected chi connectivity index (χ3v) is 7.92. The molecule has 0 saturated carbocycles. The lowest BCUT2D eigenvalue weighted by atomic mass is 10.1. The smallest absolute Gasteiger partial charge is 0.257 e. The molecule has 0 N–H and O–H groups in total. The Morgan fingerprint density at radius 3 is 2.55 bits per heavy atom. The van der Waals surface area contributed by atoms with E-state index in [-0.39, 0.29) is 17.7 Å². The molecule has 0 aromatic heterocycles. The van der Waals surface area contributed by atoms with Crippen molar-refractivity contribution in [3.05, 3.63) is 28.8 Å². The molecule has 29 heavy (non-hydrogen) atoms. The van der Waals surface area contributed by atoms with Crippen molar-refractivity contribution in [1.29, 1.82) is 0 Å². The highest BCUT2D eigenvalue weighted by atomic mass is 35.5. The van der Waals surface area contributed by atoms with Crippen molar-refractivity contribution in [2.75, 3.05) is 52.1 Å². The van der Waals surface area contributed by atoms with Crippen LogP contribution < -0.4 is 4.74 Å². The summed E-state index contributed by atoms with van der Waals surface area (Å²) in [4.78, 5) is 16.8. The molecule has 0 unspecified atom stereocenters. The summed E-state index contributed by atoms with van der Waals surface area (Å²) < 4.78 is 32.2. The minimum atomic E-state index is -3.33. The zero-order valence-corrected chi connectivity index (χ0v) is 18.7. The van der Waals surface area contributed by atoms with Crippen LogP contribution in [0.2, 0.25) is 5.02 Å². The average molecular weight is 444 g/mol. The maximum atomic E-state index is 12.8. The topological polar surface area (TPSA) is 70.2 Å². The van der Waals surface area contributed by atoms with Gasteiger partial charge >= 0.3 is 0 Å². The first kappa shape index (κ1) is 22.3. The van der Waals surface area contributed by atoms with Crippen LogP contribution in [0.25, 0.3) is 0 Å². The lowest BCUT2D eigenvalue weighted by molar-refractivity contribution is 0.0433. The van der Waals surface area contributed by atoms with Gasteiger partial charge in [0, 0.05) is 31.2 Å². The third kappa shape index (κ3) is 5.23. The van der Waals surface area contributed by atoms with E-state index in [1.54, 1.807) is 34.3 Å². The molecule has 3 rings (SSSR count). The van der Waals surface area contributed by atoms with Gasteiger partial charge in [-0.2, -0.15) is 4.31 Å². The number of piperidine rings is 1. The molecule has 2 heterocycles. The van der Waals surface area contributed by atoms with E-state index in [0.717, 1.165) is 19.6 Å². The van der Waals surface area contributed by atoms with Crippen molar-refractivity contribution in [2.24, 2.45) is 0 Å². The van der Waals surface area contributed by atoms with Crippen molar-refractivity contribution in [3.63, 3.8) is 0 Å². The van der Waals surface area contributed by atoms with Crippen molar-refractivity contribution >= 4 is 27.5 Å². The fourth-order valence-electron chi connectivity index (χ4n) is 3.95. The lowest BCUT2D eigenvalue weighted by Gasteiger charge is -2.45. The van der Waals surface area contributed by atoms with Gasteiger partial charge in [-0.25, -0.2) is 8.42 Å². The van der Waals surface area contributed by atoms with Gasteiger partial charge in [-0.15, -0.1) is 0 Å². The van der Waals surface area contributed by atoms with Crippen LogP contribution >= 0.6 is 11.6 Å². The highest BCUT2D eigenvalue weighted by molar-refractivity contribution is 7.89. The van der Waals surface area contributed by atoms with Gasteiger partial charge in [0.2, 0.25) is 10.0 Å². The first-order valence-corrected chi connectivity index (χ1v) is 12.2. The van der Waals surface area contributed by atoms with Crippen LogP contribution in [0.15, 0.2) is 18.2 Å². The second-order valence-electron chi connectivity index (χ2n) is 7.62.